The zero-order chi connectivity index (χ0) is 16.7. The fraction of sp³-hybridized carbons (Fsp3) is 0.381. The summed E-state index contributed by atoms with van der Waals surface area (Å²) in [6.45, 7) is 3.07. The molecule has 0 bridgehead atoms. The molecule has 1 atom stereocenters. The summed E-state index contributed by atoms with van der Waals surface area (Å²) < 4.78 is 0. The van der Waals surface area contributed by atoms with E-state index >= 15 is 0 Å². The molecule has 0 unspecified atom stereocenters. The van der Waals surface area contributed by atoms with E-state index in [1.165, 1.54) is 19.3 Å². The topological polar surface area (TPSA) is 36.4 Å². The summed E-state index contributed by atoms with van der Waals surface area (Å²) in [6.07, 6.45) is 7.68. The Kier molecular flexibility index (Phi) is 5.63. The lowest BCUT2D eigenvalue weighted by atomic mass is 9.84. The standard InChI is InChI=1S/C21H24N2O/c24-21(19-9-3-1-4-10-19,20-11-14-22-15-12-20)13-5-8-18-23-16-6-2-7-17-23/h1,3-4,9-12,14-15,24H,2,6-7,13,16-18H2/t21-/m0/s1. The third kappa shape index (κ3) is 4.03. The van der Waals surface area contributed by atoms with Crippen LogP contribution in [0.2, 0.25) is 0 Å². The zero-order valence-electron chi connectivity index (χ0n) is 14.0. The number of piperidine rings is 1. The Morgan fingerprint density at radius 2 is 1.58 bits per heavy atom. The van der Waals surface area contributed by atoms with Gasteiger partial charge < -0.3 is 5.11 Å². The predicted octanol–water partition coefficient (Wildman–Crippen LogP) is 3.20. The first kappa shape index (κ1) is 16.7. The Morgan fingerprint density at radius 3 is 2.29 bits per heavy atom. The average molecular weight is 320 g/mol. The van der Waals surface area contributed by atoms with Crippen LogP contribution in [0.15, 0.2) is 54.9 Å². The minimum Gasteiger partial charge on any atom is -0.379 e. The van der Waals surface area contributed by atoms with Crippen molar-refractivity contribution in [3.05, 3.63) is 66.0 Å². The largest absolute Gasteiger partial charge is 0.379 e. The molecule has 24 heavy (non-hydrogen) atoms. The van der Waals surface area contributed by atoms with E-state index in [1.807, 2.05) is 42.5 Å². The minimum absolute atomic E-state index is 0.384. The van der Waals surface area contributed by atoms with Crippen molar-refractivity contribution in [2.75, 3.05) is 19.6 Å². The minimum atomic E-state index is -1.10. The number of rotatable bonds is 4. The Bertz CT molecular complexity index is 643. The lowest BCUT2D eigenvalue weighted by Gasteiger charge is -2.27. The fourth-order valence-corrected chi connectivity index (χ4v) is 3.19. The lowest BCUT2D eigenvalue weighted by Crippen LogP contribution is -2.30. The van der Waals surface area contributed by atoms with Crippen LogP contribution in [0.1, 0.15) is 36.8 Å². The molecule has 0 saturated carbocycles. The summed E-state index contributed by atoms with van der Waals surface area (Å²) in [4.78, 5) is 6.45. The zero-order valence-corrected chi connectivity index (χ0v) is 14.0. The number of likely N-dealkylation sites (tertiary alicyclic amines) is 1. The van der Waals surface area contributed by atoms with E-state index in [0.717, 1.165) is 30.8 Å². The van der Waals surface area contributed by atoms with Gasteiger partial charge in [-0.2, -0.15) is 0 Å². The van der Waals surface area contributed by atoms with E-state index in [4.69, 9.17) is 0 Å². The number of hydrogen-bond acceptors (Lipinski definition) is 3. The van der Waals surface area contributed by atoms with Crippen molar-refractivity contribution in [2.45, 2.75) is 31.3 Å². The van der Waals surface area contributed by atoms with Gasteiger partial charge in [0.15, 0.2) is 0 Å². The summed E-state index contributed by atoms with van der Waals surface area (Å²) in [5.41, 5.74) is 0.596. The molecule has 3 nitrogen and oxygen atoms in total. The van der Waals surface area contributed by atoms with E-state index in [2.05, 4.69) is 21.7 Å². The molecular weight excluding hydrogens is 296 g/mol. The van der Waals surface area contributed by atoms with Crippen LogP contribution in [0, 0.1) is 11.8 Å². The van der Waals surface area contributed by atoms with Gasteiger partial charge in [0, 0.05) is 18.8 Å². The third-order valence-corrected chi connectivity index (χ3v) is 4.63. The highest BCUT2D eigenvalue weighted by molar-refractivity contribution is 5.36. The molecule has 0 spiro atoms. The summed E-state index contributed by atoms with van der Waals surface area (Å²) in [5, 5.41) is 11.3. The summed E-state index contributed by atoms with van der Waals surface area (Å²) in [7, 11) is 0. The molecule has 1 aliphatic heterocycles. The SMILES string of the molecule is O[C@@](CC#CCN1CCCCC1)(c1ccccc1)c1ccncc1. The van der Waals surface area contributed by atoms with Crippen LogP contribution in [0.5, 0.6) is 0 Å². The third-order valence-electron chi connectivity index (χ3n) is 4.63. The maximum atomic E-state index is 11.3. The van der Waals surface area contributed by atoms with Crippen molar-refractivity contribution in [2.24, 2.45) is 0 Å². The van der Waals surface area contributed by atoms with E-state index in [0.29, 0.717) is 6.42 Å². The van der Waals surface area contributed by atoms with E-state index < -0.39 is 5.60 Å². The Balaban J connectivity index is 1.76. The van der Waals surface area contributed by atoms with Crippen molar-refractivity contribution in [3.63, 3.8) is 0 Å². The normalized spacial score (nSPS) is 17.5. The number of nitrogens with zero attached hydrogens (tertiary/aromatic N) is 2. The molecule has 1 saturated heterocycles. The van der Waals surface area contributed by atoms with Crippen molar-refractivity contribution in [1.29, 1.82) is 0 Å². The highest BCUT2D eigenvalue weighted by Crippen LogP contribution is 2.32. The maximum Gasteiger partial charge on any atom is 0.126 e. The van der Waals surface area contributed by atoms with Crippen LogP contribution in [0.3, 0.4) is 0 Å². The molecule has 1 fully saturated rings. The summed E-state index contributed by atoms with van der Waals surface area (Å²) >= 11 is 0. The fourth-order valence-electron chi connectivity index (χ4n) is 3.19. The molecule has 1 aliphatic rings. The van der Waals surface area contributed by atoms with Crippen LogP contribution in [0.25, 0.3) is 0 Å². The molecular formula is C21H24N2O. The molecule has 0 aliphatic carbocycles. The Labute approximate surface area is 144 Å². The Morgan fingerprint density at radius 1 is 0.917 bits per heavy atom. The second-order valence-corrected chi connectivity index (χ2v) is 6.33. The van der Waals surface area contributed by atoms with Gasteiger partial charge in [0.25, 0.3) is 0 Å². The maximum absolute atomic E-state index is 11.3. The van der Waals surface area contributed by atoms with Gasteiger partial charge in [-0.3, -0.25) is 9.88 Å². The molecule has 1 aromatic heterocycles. The molecule has 0 radical (unpaired) electrons. The van der Waals surface area contributed by atoms with Gasteiger partial charge >= 0.3 is 0 Å². The van der Waals surface area contributed by atoms with Crippen LogP contribution in [-0.4, -0.2) is 34.6 Å². The molecule has 124 valence electrons. The number of aliphatic hydroxyl groups is 1. The quantitative estimate of drug-likeness (QED) is 0.879. The van der Waals surface area contributed by atoms with Crippen LogP contribution >= 0.6 is 0 Å². The van der Waals surface area contributed by atoms with Gasteiger partial charge in [0.2, 0.25) is 0 Å². The molecule has 3 rings (SSSR count). The second-order valence-electron chi connectivity index (χ2n) is 6.33. The van der Waals surface area contributed by atoms with E-state index in [1.54, 1.807) is 12.4 Å². The predicted molar refractivity (Wildman–Crippen MR) is 96.4 cm³/mol. The molecule has 1 aromatic carbocycles. The summed E-state index contributed by atoms with van der Waals surface area (Å²) in [6, 6.07) is 13.5. The van der Waals surface area contributed by atoms with E-state index in [-0.39, 0.29) is 0 Å². The smallest absolute Gasteiger partial charge is 0.126 e. The summed E-state index contributed by atoms with van der Waals surface area (Å²) in [5.74, 6) is 6.46. The second kappa shape index (κ2) is 8.10. The highest BCUT2D eigenvalue weighted by Gasteiger charge is 2.30. The molecule has 0 amide bonds. The van der Waals surface area contributed by atoms with Gasteiger partial charge in [-0.05, 0) is 49.2 Å². The molecule has 2 aromatic rings. The monoisotopic (exact) mass is 320 g/mol. The number of pyridine rings is 1. The lowest BCUT2D eigenvalue weighted by molar-refractivity contribution is 0.0863. The van der Waals surface area contributed by atoms with E-state index in [9.17, 15) is 5.11 Å². The van der Waals surface area contributed by atoms with Gasteiger partial charge in [-0.25, -0.2) is 0 Å². The van der Waals surface area contributed by atoms with Crippen molar-refractivity contribution in [3.8, 4) is 11.8 Å². The molecule has 1 N–H and O–H groups in total. The first-order valence-corrected chi connectivity index (χ1v) is 8.65. The first-order chi connectivity index (χ1) is 11.8. The number of aromatic nitrogens is 1. The van der Waals surface area contributed by atoms with Gasteiger partial charge in [0.1, 0.15) is 5.60 Å². The first-order valence-electron chi connectivity index (χ1n) is 8.65. The van der Waals surface area contributed by atoms with Crippen LogP contribution in [0.4, 0.5) is 0 Å². The average Bonchev–Trinajstić information content (AvgIpc) is 2.67. The van der Waals surface area contributed by atoms with Gasteiger partial charge in [-0.1, -0.05) is 48.6 Å². The Hall–Kier alpha value is -2.15. The van der Waals surface area contributed by atoms with Crippen LogP contribution < -0.4 is 0 Å². The van der Waals surface area contributed by atoms with Gasteiger partial charge in [0.05, 0.1) is 6.54 Å². The number of hydrogen-bond donors (Lipinski definition) is 1. The van der Waals surface area contributed by atoms with Crippen molar-refractivity contribution in [1.82, 2.24) is 9.88 Å². The molecule has 2 heterocycles. The van der Waals surface area contributed by atoms with Crippen LogP contribution in [-0.2, 0) is 5.60 Å². The van der Waals surface area contributed by atoms with Crippen molar-refractivity contribution < 1.29 is 5.11 Å². The molecule has 3 heteroatoms. The number of benzene rings is 1. The van der Waals surface area contributed by atoms with Gasteiger partial charge in [-0.15, -0.1) is 0 Å². The highest BCUT2D eigenvalue weighted by atomic mass is 16.3. The van der Waals surface area contributed by atoms with Crippen molar-refractivity contribution >= 4 is 0 Å².